The number of nitrogens with one attached hydrogen (secondary N) is 1. The second-order valence-electron chi connectivity index (χ2n) is 7.59. The first-order valence-electron chi connectivity index (χ1n) is 9.61. The molecule has 0 saturated carbocycles. The minimum absolute atomic E-state index is 0.114. The molecule has 2 aromatic heterocycles. The van der Waals surface area contributed by atoms with E-state index in [1.165, 1.54) is 0 Å². The van der Waals surface area contributed by atoms with Gasteiger partial charge in [0.1, 0.15) is 0 Å². The van der Waals surface area contributed by atoms with Crippen molar-refractivity contribution in [3.63, 3.8) is 0 Å². The zero-order chi connectivity index (χ0) is 19.7. The molecule has 0 spiro atoms. The average Bonchev–Trinajstić information content (AvgIpc) is 3.06. The molecule has 0 bridgehead atoms. The zero-order valence-electron chi connectivity index (χ0n) is 17.0. The van der Waals surface area contributed by atoms with Crippen LogP contribution in [0.1, 0.15) is 73.8 Å². The van der Waals surface area contributed by atoms with Gasteiger partial charge in [0.15, 0.2) is 5.65 Å². The number of aromatic nitrogens is 3. The van der Waals surface area contributed by atoms with E-state index in [2.05, 4.69) is 51.1 Å². The monoisotopic (exact) mass is 364 g/mol. The van der Waals surface area contributed by atoms with Gasteiger partial charge in [-0.05, 0) is 50.3 Å². The third kappa shape index (κ3) is 3.59. The Kier molecular flexibility index (Phi) is 5.31. The minimum Gasteiger partial charge on any atom is -0.321 e. The summed E-state index contributed by atoms with van der Waals surface area (Å²) < 4.78 is 1.88. The van der Waals surface area contributed by atoms with Crippen molar-refractivity contribution < 1.29 is 4.79 Å². The Morgan fingerprint density at radius 3 is 2.59 bits per heavy atom. The van der Waals surface area contributed by atoms with E-state index < -0.39 is 0 Å². The number of anilines is 1. The predicted molar refractivity (Wildman–Crippen MR) is 111 cm³/mol. The van der Waals surface area contributed by atoms with Gasteiger partial charge in [0.25, 0.3) is 5.91 Å². The molecule has 0 aliphatic heterocycles. The normalized spacial score (nSPS) is 11.6. The largest absolute Gasteiger partial charge is 0.321 e. The molecule has 27 heavy (non-hydrogen) atoms. The van der Waals surface area contributed by atoms with Crippen LogP contribution in [-0.2, 0) is 6.42 Å². The van der Waals surface area contributed by atoms with Crippen molar-refractivity contribution in [2.75, 3.05) is 5.32 Å². The fraction of sp³-hybridized carbons (Fsp3) is 0.409. The van der Waals surface area contributed by atoms with Crippen molar-refractivity contribution in [3.05, 3.63) is 52.8 Å². The standard InChI is InChI=1S/C22H28N4O/c1-7-16-10-8-9-15(6)20(16)25-22(27)17-11-19(13(2)3)24-21-18(17)12-23-26(21)14(4)5/h8-14H,7H2,1-6H3,(H,25,27). The van der Waals surface area contributed by atoms with Crippen LogP contribution < -0.4 is 5.32 Å². The van der Waals surface area contributed by atoms with E-state index in [9.17, 15) is 4.79 Å². The molecular formula is C22H28N4O. The van der Waals surface area contributed by atoms with Gasteiger partial charge in [-0.15, -0.1) is 0 Å². The van der Waals surface area contributed by atoms with E-state index in [0.29, 0.717) is 5.56 Å². The fourth-order valence-electron chi connectivity index (χ4n) is 3.28. The molecule has 1 amide bonds. The molecule has 0 saturated heterocycles. The second kappa shape index (κ2) is 7.51. The molecular weight excluding hydrogens is 336 g/mol. The van der Waals surface area contributed by atoms with E-state index in [-0.39, 0.29) is 17.9 Å². The molecule has 0 atom stereocenters. The first-order valence-corrected chi connectivity index (χ1v) is 9.61. The molecule has 142 valence electrons. The van der Waals surface area contributed by atoms with Gasteiger partial charge in [-0.25, -0.2) is 9.67 Å². The van der Waals surface area contributed by atoms with Crippen LogP contribution >= 0.6 is 0 Å². The molecule has 0 aliphatic carbocycles. The number of para-hydroxylation sites is 1. The van der Waals surface area contributed by atoms with Crippen molar-refractivity contribution in [3.8, 4) is 0 Å². The van der Waals surface area contributed by atoms with Gasteiger partial charge in [-0.2, -0.15) is 5.10 Å². The molecule has 1 aromatic carbocycles. The first kappa shape index (κ1) is 19.1. The van der Waals surface area contributed by atoms with Crippen LogP contribution in [0.25, 0.3) is 11.0 Å². The topological polar surface area (TPSA) is 59.8 Å². The minimum atomic E-state index is -0.114. The Labute approximate surface area is 160 Å². The van der Waals surface area contributed by atoms with Crippen molar-refractivity contribution in [2.24, 2.45) is 0 Å². The number of aryl methyl sites for hydroxylation is 2. The lowest BCUT2D eigenvalue weighted by atomic mass is 10.0. The second-order valence-corrected chi connectivity index (χ2v) is 7.59. The third-order valence-electron chi connectivity index (χ3n) is 4.89. The highest BCUT2D eigenvalue weighted by Crippen LogP contribution is 2.27. The predicted octanol–water partition coefficient (Wildman–Crippen LogP) is 5.26. The molecule has 1 N–H and O–H groups in total. The summed E-state index contributed by atoms with van der Waals surface area (Å²) in [5, 5.41) is 8.40. The molecule has 2 heterocycles. The van der Waals surface area contributed by atoms with Gasteiger partial charge in [0.05, 0.1) is 17.1 Å². The van der Waals surface area contributed by atoms with Gasteiger partial charge in [0, 0.05) is 17.4 Å². The molecule has 5 nitrogen and oxygen atoms in total. The number of pyridine rings is 1. The Hall–Kier alpha value is -2.69. The summed E-state index contributed by atoms with van der Waals surface area (Å²) in [4.78, 5) is 18.0. The first-order chi connectivity index (χ1) is 12.8. The SMILES string of the molecule is CCc1cccc(C)c1NC(=O)c1cc(C(C)C)nc2c1cnn2C(C)C. The highest BCUT2D eigenvalue weighted by molar-refractivity contribution is 6.12. The molecule has 5 heteroatoms. The lowest BCUT2D eigenvalue weighted by Crippen LogP contribution is -2.16. The molecule has 0 fully saturated rings. The van der Waals surface area contributed by atoms with Crippen LogP contribution in [-0.4, -0.2) is 20.7 Å². The Balaban J connectivity index is 2.12. The molecule has 3 rings (SSSR count). The Morgan fingerprint density at radius 1 is 1.22 bits per heavy atom. The Morgan fingerprint density at radius 2 is 1.96 bits per heavy atom. The van der Waals surface area contributed by atoms with E-state index in [0.717, 1.165) is 40.0 Å². The van der Waals surface area contributed by atoms with Crippen molar-refractivity contribution in [1.29, 1.82) is 0 Å². The summed E-state index contributed by atoms with van der Waals surface area (Å²) in [6, 6.07) is 8.18. The summed E-state index contributed by atoms with van der Waals surface area (Å²) in [7, 11) is 0. The van der Waals surface area contributed by atoms with Crippen LogP contribution in [0.2, 0.25) is 0 Å². The maximum atomic E-state index is 13.2. The van der Waals surface area contributed by atoms with Gasteiger partial charge >= 0.3 is 0 Å². The lowest BCUT2D eigenvalue weighted by Gasteiger charge is -2.15. The summed E-state index contributed by atoms with van der Waals surface area (Å²) in [5.74, 6) is 0.109. The van der Waals surface area contributed by atoms with Crippen LogP contribution in [0.5, 0.6) is 0 Å². The van der Waals surface area contributed by atoms with Crippen molar-refractivity contribution in [1.82, 2.24) is 14.8 Å². The smallest absolute Gasteiger partial charge is 0.256 e. The molecule has 0 radical (unpaired) electrons. The quantitative estimate of drug-likeness (QED) is 0.672. The van der Waals surface area contributed by atoms with Gasteiger partial charge in [-0.1, -0.05) is 39.0 Å². The number of amides is 1. The zero-order valence-corrected chi connectivity index (χ0v) is 17.0. The highest BCUT2D eigenvalue weighted by Gasteiger charge is 2.20. The molecule has 0 unspecified atom stereocenters. The van der Waals surface area contributed by atoms with Gasteiger partial charge < -0.3 is 5.32 Å². The summed E-state index contributed by atoms with van der Waals surface area (Å²) in [6.45, 7) is 12.4. The number of nitrogens with zero attached hydrogens (tertiary/aromatic N) is 3. The van der Waals surface area contributed by atoms with Crippen LogP contribution in [0.15, 0.2) is 30.5 Å². The molecule has 0 aliphatic rings. The number of carbonyl (C=O) groups excluding carboxylic acids is 1. The maximum absolute atomic E-state index is 13.2. The number of hydrogen-bond acceptors (Lipinski definition) is 3. The molecule has 3 aromatic rings. The number of benzene rings is 1. The van der Waals surface area contributed by atoms with Crippen molar-refractivity contribution in [2.45, 2.75) is 59.9 Å². The summed E-state index contributed by atoms with van der Waals surface area (Å²) >= 11 is 0. The third-order valence-corrected chi connectivity index (χ3v) is 4.89. The fourth-order valence-corrected chi connectivity index (χ4v) is 3.28. The van der Waals surface area contributed by atoms with Crippen LogP contribution in [0.3, 0.4) is 0 Å². The van der Waals surface area contributed by atoms with E-state index in [4.69, 9.17) is 4.98 Å². The highest BCUT2D eigenvalue weighted by atomic mass is 16.1. The summed E-state index contributed by atoms with van der Waals surface area (Å²) in [5.41, 5.74) is 5.39. The van der Waals surface area contributed by atoms with Crippen LogP contribution in [0.4, 0.5) is 5.69 Å². The van der Waals surface area contributed by atoms with Crippen molar-refractivity contribution >= 4 is 22.6 Å². The number of rotatable bonds is 5. The van der Waals surface area contributed by atoms with E-state index >= 15 is 0 Å². The average molecular weight is 364 g/mol. The lowest BCUT2D eigenvalue weighted by molar-refractivity contribution is 0.102. The van der Waals surface area contributed by atoms with E-state index in [1.54, 1.807) is 6.20 Å². The summed E-state index contributed by atoms with van der Waals surface area (Å²) in [6.07, 6.45) is 2.62. The van der Waals surface area contributed by atoms with E-state index in [1.807, 2.05) is 29.8 Å². The number of carbonyl (C=O) groups is 1. The van der Waals surface area contributed by atoms with Crippen LogP contribution in [0, 0.1) is 6.92 Å². The van der Waals surface area contributed by atoms with Gasteiger partial charge in [0.2, 0.25) is 0 Å². The number of fused-ring (bicyclic) bond motifs is 1. The number of hydrogen-bond donors (Lipinski definition) is 1. The maximum Gasteiger partial charge on any atom is 0.256 e. The Bertz CT molecular complexity index is 985. The van der Waals surface area contributed by atoms with Gasteiger partial charge in [-0.3, -0.25) is 4.79 Å².